The van der Waals surface area contributed by atoms with E-state index in [1.807, 2.05) is 36.2 Å². The second-order valence-electron chi connectivity index (χ2n) is 4.89. The Morgan fingerprint density at radius 3 is 2.38 bits per heavy atom. The predicted octanol–water partition coefficient (Wildman–Crippen LogP) is 1.43. The number of rotatable bonds is 5. The number of sulfonamides is 1. The average molecular weight is 305 g/mol. The van der Waals surface area contributed by atoms with E-state index in [9.17, 15) is 8.42 Å². The SMILES string of the molecule is CN(Cc1cccc(CN)c1)c1ccccc1S(N)(=O)=O. The van der Waals surface area contributed by atoms with Crippen molar-refractivity contribution in [2.75, 3.05) is 11.9 Å². The summed E-state index contributed by atoms with van der Waals surface area (Å²) >= 11 is 0. The Morgan fingerprint density at radius 2 is 1.71 bits per heavy atom. The highest BCUT2D eigenvalue weighted by Crippen LogP contribution is 2.24. The van der Waals surface area contributed by atoms with Gasteiger partial charge in [0.05, 0.1) is 5.69 Å². The first-order valence-electron chi connectivity index (χ1n) is 6.52. The number of nitrogens with two attached hydrogens (primary N) is 2. The van der Waals surface area contributed by atoms with Gasteiger partial charge in [0, 0.05) is 20.1 Å². The molecule has 0 fully saturated rings. The zero-order valence-electron chi connectivity index (χ0n) is 11.9. The van der Waals surface area contributed by atoms with Crippen LogP contribution < -0.4 is 15.8 Å². The molecule has 0 amide bonds. The summed E-state index contributed by atoms with van der Waals surface area (Å²) in [5.74, 6) is 0. The van der Waals surface area contributed by atoms with E-state index in [1.165, 1.54) is 6.07 Å². The fourth-order valence-corrected chi connectivity index (χ4v) is 3.01. The molecule has 21 heavy (non-hydrogen) atoms. The monoisotopic (exact) mass is 305 g/mol. The van der Waals surface area contributed by atoms with Crippen molar-refractivity contribution < 1.29 is 8.42 Å². The lowest BCUT2D eigenvalue weighted by Gasteiger charge is -2.22. The quantitative estimate of drug-likeness (QED) is 0.874. The summed E-state index contributed by atoms with van der Waals surface area (Å²) in [5.41, 5.74) is 8.32. The van der Waals surface area contributed by atoms with Gasteiger partial charge in [-0.05, 0) is 23.3 Å². The Hall–Kier alpha value is -1.89. The van der Waals surface area contributed by atoms with Crippen molar-refractivity contribution in [2.45, 2.75) is 18.0 Å². The highest BCUT2D eigenvalue weighted by atomic mass is 32.2. The fraction of sp³-hybridized carbons (Fsp3) is 0.200. The summed E-state index contributed by atoms with van der Waals surface area (Å²) in [5, 5.41) is 5.26. The van der Waals surface area contributed by atoms with Crippen molar-refractivity contribution in [1.82, 2.24) is 0 Å². The van der Waals surface area contributed by atoms with Gasteiger partial charge in [-0.25, -0.2) is 13.6 Å². The number of hydrogen-bond acceptors (Lipinski definition) is 4. The maximum absolute atomic E-state index is 11.6. The maximum atomic E-state index is 11.6. The molecule has 112 valence electrons. The largest absolute Gasteiger partial charge is 0.369 e. The lowest BCUT2D eigenvalue weighted by molar-refractivity contribution is 0.597. The molecule has 0 radical (unpaired) electrons. The van der Waals surface area contributed by atoms with E-state index >= 15 is 0 Å². The third kappa shape index (κ3) is 3.81. The van der Waals surface area contributed by atoms with Crippen LogP contribution in [0.3, 0.4) is 0 Å². The van der Waals surface area contributed by atoms with E-state index in [1.54, 1.807) is 18.2 Å². The number of anilines is 1. The normalized spacial score (nSPS) is 11.4. The fourth-order valence-electron chi connectivity index (χ4n) is 2.23. The number of nitrogens with zero attached hydrogens (tertiary/aromatic N) is 1. The van der Waals surface area contributed by atoms with Gasteiger partial charge in [0.1, 0.15) is 4.90 Å². The van der Waals surface area contributed by atoms with E-state index < -0.39 is 10.0 Å². The standard InChI is InChI=1S/C15H19N3O2S/c1-18(11-13-6-4-5-12(9-13)10-16)14-7-2-3-8-15(14)21(17,19)20/h2-9H,10-11,16H2,1H3,(H2,17,19,20). The lowest BCUT2D eigenvalue weighted by Crippen LogP contribution is -2.22. The number of primary sulfonamides is 1. The van der Waals surface area contributed by atoms with Gasteiger partial charge in [-0.15, -0.1) is 0 Å². The van der Waals surface area contributed by atoms with Gasteiger partial charge in [-0.3, -0.25) is 0 Å². The van der Waals surface area contributed by atoms with Crippen LogP contribution in [0.5, 0.6) is 0 Å². The minimum Gasteiger partial charge on any atom is -0.369 e. The van der Waals surface area contributed by atoms with E-state index in [4.69, 9.17) is 10.9 Å². The molecule has 6 heteroatoms. The molecule has 0 saturated carbocycles. The molecule has 0 spiro atoms. The summed E-state index contributed by atoms with van der Waals surface area (Å²) in [6.45, 7) is 1.05. The predicted molar refractivity (Wildman–Crippen MR) is 84.3 cm³/mol. The zero-order chi connectivity index (χ0) is 15.5. The summed E-state index contributed by atoms with van der Waals surface area (Å²) in [4.78, 5) is 1.98. The van der Waals surface area contributed by atoms with Crippen molar-refractivity contribution in [3.8, 4) is 0 Å². The summed E-state index contributed by atoms with van der Waals surface area (Å²) < 4.78 is 23.3. The van der Waals surface area contributed by atoms with Gasteiger partial charge in [-0.1, -0.05) is 36.4 Å². The minimum absolute atomic E-state index is 0.127. The highest BCUT2D eigenvalue weighted by molar-refractivity contribution is 7.89. The van der Waals surface area contributed by atoms with Crippen LogP contribution in [0, 0.1) is 0 Å². The van der Waals surface area contributed by atoms with Crippen LogP contribution in [-0.4, -0.2) is 15.5 Å². The third-order valence-corrected chi connectivity index (χ3v) is 4.19. The van der Waals surface area contributed by atoms with Crippen molar-refractivity contribution in [3.63, 3.8) is 0 Å². The Labute approximate surface area is 125 Å². The molecular formula is C15H19N3O2S. The van der Waals surface area contributed by atoms with Crippen molar-refractivity contribution in [3.05, 3.63) is 59.7 Å². The molecule has 0 aromatic heterocycles. The molecule has 5 nitrogen and oxygen atoms in total. The van der Waals surface area contributed by atoms with Gasteiger partial charge in [0.25, 0.3) is 0 Å². The van der Waals surface area contributed by atoms with Crippen LogP contribution in [0.4, 0.5) is 5.69 Å². The lowest BCUT2D eigenvalue weighted by atomic mass is 10.1. The van der Waals surface area contributed by atoms with Gasteiger partial charge in [-0.2, -0.15) is 0 Å². The molecule has 0 aliphatic carbocycles. The molecule has 0 atom stereocenters. The van der Waals surface area contributed by atoms with Gasteiger partial charge >= 0.3 is 0 Å². The smallest absolute Gasteiger partial charge is 0.240 e. The van der Waals surface area contributed by atoms with Crippen LogP contribution in [0.2, 0.25) is 0 Å². The van der Waals surface area contributed by atoms with Crippen LogP contribution in [0.15, 0.2) is 53.4 Å². The van der Waals surface area contributed by atoms with Crippen LogP contribution in [0.1, 0.15) is 11.1 Å². The molecule has 2 rings (SSSR count). The molecule has 0 aliphatic heterocycles. The molecule has 0 saturated heterocycles. The zero-order valence-corrected chi connectivity index (χ0v) is 12.7. The minimum atomic E-state index is -3.75. The summed E-state index contributed by atoms with van der Waals surface area (Å²) in [6, 6.07) is 14.6. The summed E-state index contributed by atoms with van der Waals surface area (Å²) in [7, 11) is -1.91. The molecule has 4 N–H and O–H groups in total. The number of para-hydroxylation sites is 1. The van der Waals surface area contributed by atoms with E-state index in [-0.39, 0.29) is 4.90 Å². The van der Waals surface area contributed by atoms with E-state index in [2.05, 4.69) is 0 Å². The van der Waals surface area contributed by atoms with Crippen LogP contribution >= 0.6 is 0 Å². The molecule has 0 heterocycles. The van der Waals surface area contributed by atoms with Gasteiger partial charge < -0.3 is 10.6 Å². The highest BCUT2D eigenvalue weighted by Gasteiger charge is 2.16. The first-order valence-corrected chi connectivity index (χ1v) is 8.07. The molecule has 0 aliphatic rings. The Kier molecular flexibility index (Phi) is 4.62. The second kappa shape index (κ2) is 6.26. The van der Waals surface area contributed by atoms with Gasteiger partial charge in [0.15, 0.2) is 0 Å². The number of hydrogen-bond donors (Lipinski definition) is 2. The molecular weight excluding hydrogens is 286 g/mol. The topological polar surface area (TPSA) is 89.4 Å². The van der Waals surface area contributed by atoms with E-state index in [0.29, 0.717) is 18.8 Å². The van der Waals surface area contributed by atoms with E-state index in [0.717, 1.165) is 11.1 Å². The number of benzene rings is 2. The Morgan fingerprint density at radius 1 is 1.05 bits per heavy atom. The van der Waals surface area contributed by atoms with Crippen molar-refractivity contribution >= 4 is 15.7 Å². The molecule has 2 aromatic carbocycles. The molecule has 2 aromatic rings. The van der Waals surface area contributed by atoms with Crippen LogP contribution in [-0.2, 0) is 23.1 Å². The Balaban J connectivity index is 2.30. The summed E-state index contributed by atoms with van der Waals surface area (Å²) in [6.07, 6.45) is 0. The van der Waals surface area contributed by atoms with Crippen molar-refractivity contribution in [1.29, 1.82) is 0 Å². The average Bonchev–Trinajstić information content (AvgIpc) is 2.46. The van der Waals surface area contributed by atoms with Gasteiger partial charge in [0.2, 0.25) is 10.0 Å². The second-order valence-corrected chi connectivity index (χ2v) is 6.42. The Bertz CT molecular complexity index is 729. The first kappa shape index (κ1) is 15.5. The maximum Gasteiger partial charge on any atom is 0.240 e. The first-order chi connectivity index (χ1) is 9.91. The van der Waals surface area contributed by atoms with Crippen molar-refractivity contribution in [2.24, 2.45) is 10.9 Å². The van der Waals surface area contributed by atoms with Crippen LogP contribution in [0.25, 0.3) is 0 Å². The molecule has 0 bridgehead atoms. The molecule has 0 unspecified atom stereocenters. The third-order valence-electron chi connectivity index (χ3n) is 3.23.